The van der Waals surface area contributed by atoms with E-state index in [-0.39, 0.29) is 43.5 Å². The van der Waals surface area contributed by atoms with Crippen LogP contribution in [0.5, 0.6) is 0 Å². The number of hydrogen-bond acceptors (Lipinski definition) is 8. The van der Waals surface area contributed by atoms with Crippen LogP contribution in [0.2, 0.25) is 0 Å². The second-order valence-corrected chi connectivity index (χ2v) is 8.44. The van der Waals surface area contributed by atoms with E-state index in [1.165, 1.54) is 0 Å². The second kappa shape index (κ2) is 9.09. The van der Waals surface area contributed by atoms with Crippen molar-refractivity contribution in [2.75, 3.05) is 49.7 Å². The summed E-state index contributed by atoms with van der Waals surface area (Å²) in [6.07, 6.45) is 1.10. The molecule has 11 heteroatoms. The van der Waals surface area contributed by atoms with Crippen molar-refractivity contribution in [2.45, 2.75) is 26.2 Å². The highest BCUT2D eigenvalue weighted by Gasteiger charge is 2.27. The number of amides is 2. The molecule has 1 saturated heterocycles. The van der Waals surface area contributed by atoms with Gasteiger partial charge in [-0.2, -0.15) is 4.98 Å². The average molecular weight is 398 g/mol. The number of aromatic nitrogens is 2. The van der Waals surface area contributed by atoms with Crippen LogP contribution < -0.4 is 14.9 Å². The SMILES string of the molecule is Cc1cc(N(C)C)nc(NCCNS(=O)(=O)CCN2C(=O)CCCC2=O)n1. The highest BCUT2D eigenvalue weighted by atomic mass is 32.2. The number of piperidine rings is 1. The summed E-state index contributed by atoms with van der Waals surface area (Å²) in [6.45, 7) is 2.18. The summed E-state index contributed by atoms with van der Waals surface area (Å²) >= 11 is 0. The van der Waals surface area contributed by atoms with Gasteiger partial charge in [-0.15, -0.1) is 0 Å². The summed E-state index contributed by atoms with van der Waals surface area (Å²) in [6, 6.07) is 1.84. The molecule has 150 valence electrons. The predicted octanol–water partition coefficient (Wildman–Crippen LogP) is -0.279. The zero-order chi connectivity index (χ0) is 20.0. The van der Waals surface area contributed by atoms with E-state index in [2.05, 4.69) is 20.0 Å². The van der Waals surface area contributed by atoms with Gasteiger partial charge in [-0.3, -0.25) is 14.5 Å². The van der Waals surface area contributed by atoms with E-state index in [0.29, 0.717) is 18.9 Å². The van der Waals surface area contributed by atoms with E-state index >= 15 is 0 Å². The topological polar surface area (TPSA) is 125 Å². The largest absolute Gasteiger partial charge is 0.363 e. The van der Waals surface area contributed by atoms with Crippen molar-refractivity contribution in [3.05, 3.63) is 11.8 Å². The lowest BCUT2D eigenvalue weighted by Crippen LogP contribution is -2.44. The van der Waals surface area contributed by atoms with E-state index in [1.807, 2.05) is 32.0 Å². The molecule has 1 aliphatic heterocycles. The van der Waals surface area contributed by atoms with Crippen molar-refractivity contribution in [2.24, 2.45) is 0 Å². The van der Waals surface area contributed by atoms with Crippen LogP contribution in [0.1, 0.15) is 25.0 Å². The molecule has 0 unspecified atom stereocenters. The monoisotopic (exact) mass is 398 g/mol. The molecule has 27 heavy (non-hydrogen) atoms. The molecule has 2 amide bonds. The quantitative estimate of drug-likeness (QED) is 0.430. The number of nitrogens with zero attached hydrogens (tertiary/aromatic N) is 4. The lowest BCUT2D eigenvalue weighted by molar-refractivity contribution is -0.147. The Hall–Kier alpha value is -2.27. The highest BCUT2D eigenvalue weighted by Crippen LogP contribution is 2.12. The zero-order valence-electron chi connectivity index (χ0n) is 15.9. The van der Waals surface area contributed by atoms with Crippen LogP contribution in [-0.4, -0.2) is 74.6 Å². The van der Waals surface area contributed by atoms with Crippen LogP contribution >= 0.6 is 0 Å². The Balaban J connectivity index is 1.79. The van der Waals surface area contributed by atoms with Crippen molar-refractivity contribution < 1.29 is 18.0 Å². The fourth-order valence-corrected chi connectivity index (χ4v) is 3.55. The maximum absolute atomic E-state index is 12.1. The molecule has 0 aromatic carbocycles. The Morgan fingerprint density at radius 3 is 2.44 bits per heavy atom. The number of sulfonamides is 1. The third-order valence-corrected chi connectivity index (χ3v) is 5.36. The van der Waals surface area contributed by atoms with Gasteiger partial charge in [-0.05, 0) is 13.3 Å². The van der Waals surface area contributed by atoms with Crippen LogP contribution in [-0.2, 0) is 19.6 Å². The Morgan fingerprint density at radius 2 is 1.81 bits per heavy atom. The third-order valence-electron chi connectivity index (χ3n) is 4.00. The molecule has 2 N–H and O–H groups in total. The van der Waals surface area contributed by atoms with E-state index in [4.69, 9.17) is 0 Å². The summed E-state index contributed by atoms with van der Waals surface area (Å²) < 4.78 is 26.6. The van der Waals surface area contributed by atoms with Gasteiger partial charge in [0.2, 0.25) is 27.8 Å². The van der Waals surface area contributed by atoms with Crippen molar-refractivity contribution in [3.63, 3.8) is 0 Å². The Kier molecular flexibility index (Phi) is 7.08. The van der Waals surface area contributed by atoms with Gasteiger partial charge in [0.15, 0.2) is 0 Å². The van der Waals surface area contributed by atoms with Gasteiger partial charge in [0, 0.05) is 58.3 Å². The van der Waals surface area contributed by atoms with Crippen LogP contribution in [0.3, 0.4) is 0 Å². The van der Waals surface area contributed by atoms with Crippen molar-refractivity contribution in [3.8, 4) is 0 Å². The molecule has 0 atom stereocenters. The summed E-state index contributed by atoms with van der Waals surface area (Å²) in [5.41, 5.74) is 0.799. The first-order valence-electron chi connectivity index (χ1n) is 8.75. The molecule has 0 aliphatic carbocycles. The van der Waals surface area contributed by atoms with Gasteiger partial charge in [0.1, 0.15) is 5.82 Å². The average Bonchev–Trinajstić information content (AvgIpc) is 2.58. The van der Waals surface area contributed by atoms with E-state index < -0.39 is 10.0 Å². The van der Waals surface area contributed by atoms with E-state index in [0.717, 1.165) is 16.4 Å². The summed E-state index contributed by atoms with van der Waals surface area (Å²) in [4.78, 5) is 34.9. The smallest absolute Gasteiger partial charge is 0.229 e. The predicted molar refractivity (Wildman–Crippen MR) is 102 cm³/mol. The van der Waals surface area contributed by atoms with E-state index in [1.54, 1.807) is 0 Å². The number of imide groups is 1. The van der Waals surface area contributed by atoms with Crippen LogP contribution in [0.15, 0.2) is 6.07 Å². The number of carbonyl (C=O) groups is 2. The molecule has 1 aromatic rings. The standard InChI is InChI=1S/C16H26N6O4S/c1-12-11-13(21(2)3)20-16(19-12)17-7-8-18-27(25,26)10-9-22-14(23)5-4-6-15(22)24/h11,18H,4-10H2,1-3H3,(H,17,19,20). The Bertz CT molecular complexity index is 780. The van der Waals surface area contributed by atoms with Gasteiger partial charge in [-0.1, -0.05) is 0 Å². The molecular formula is C16H26N6O4S. The molecule has 0 radical (unpaired) electrons. The van der Waals surface area contributed by atoms with Gasteiger partial charge >= 0.3 is 0 Å². The second-order valence-electron chi connectivity index (χ2n) is 6.52. The first-order chi connectivity index (χ1) is 12.7. The minimum Gasteiger partial charge on any atom is -0.363 e. The molecule has 1 aromatic heterocycles. The van der Waals surface area contributed by atoms with Crippen molar-refractivity contribution in [1.29, 1.82) is 0 Å². The normalized spacial score (nSPS) is 15.1. The Morgan fingerprint density at radius 1 is 1.15 bits per heavy atom. The number of anilines is 2. The number of likely N-dealkylation sites (tertiary alicyclic amines) is 1. The molecule has 10 nitrogen and oxygen atoms in total. The fourth-order valence-electron chi connectivity index (χ4n) is 2.57. The van der Waals surface area contributed by atoms with Crippen molar-refractivity contribution in [1.82, 2.24) is 19.6 Å². The molecule has 1 fully saturated rings. The van der Waals surface area contributed by atoms with Gasteiger partial charge in [-0.25, -0.2) is 18.1 Å². The zero-order valence-corrected chi connectivity index (χ0v) is 16.7. The lowest BCUT2D eigenvalue weighted by atomic mass is 10.1. The first kappa shape index (κ1) is 21.0. The Labute approximate surface area is 159 Å². The van der Waals surface area contributed by atoms with Crippen molar-refractivity contribution >= 4 is 33.6 Å². The molecule has 0 spiro atoms. The molecular weight excluding hydrogens is 372 g/mol. The number of carbonyl (C=O) groups excluding carboxylic acids is 2. The molecule has 0 saturated carbocycles. The maximum atomic E-state index is 12.1. The van der Waals surface area contributed by atoms with Crippen LogP contribution in [0, 0.1) is 6.92 Å². The summed E-state index contributed by atoms with van der Waals surface area (Å²) in [5.74, 6) is 0.243. The highest BCUT2D eigenvalue weighted by molar-refractivity contribution is 7.89. The van der Waals surface area contributed by atoms with Gasteiger partial charge in [0.25, 0.3) is 0 Å². The van der Waals surface area contributed by atoms with Gasteiger partial charge < -0.3 is 10.2 Å². The van der Waals surface area contributed by atoms with Gasteiger partial charge in [0.05, 0.1) is 5.75 Å². The lowest BCUT2D eigenvalue weighted by Gasteiger charge is -2.24. The third kappa shape index (κ3) is 6.43. The van der Waals surface area contributed by atoms with Crippen LogP contribution in [0.4, 0.5) is 11.8 Å². The minimum absolute atomic E-state index is 0.117. The number of aryl methyl sites for hydroxylation is 1. The summed E-state index contributed by atoms with van der Waals surface area (Å²) in [7, 11) is 0.148. The van der Waals surface area contributed by atoms with Crippen LogP contribution in [0.25, 0.3) is 0 Å². The molecule has 2 heterocycles. The molecule has 0 bridgehead atoms. The number of rotatable bonds is 9. The molecule has 1 aliphatic rings. The maximum Gasteiger partial charge on any atom is 0.229 e. The minimum atomic E-state index is -3.60. The van der Waals surface area contributed by atoms with E-state index in [9.17, 15) is 18.0 Å². The number of nitrogens with one attached hydrogen (secondary N) is 2. The first-order valence-corrected chi connectivity index (χ1v) is 10.4. The summed E-state index contributed by atoms with van der Waals surface area (Å²) in [5, 5.41) is 2.98. The number of hydrogen-bond donors (Lipinski definition) is 2. The fraction of sp³-hybridized carbons (Fsp3) is 0.625. The molecule has 2 rings (SSSR count).